The molecule has 0 bridgehead atoms. The van der Waals surface area contributed by atoms with Gasteiger partial charge in [0, 0.05) is 24.4 Å². The van der Waals surface area contributed by atoms with E-state index in [9.17, 15) is 4.79 Å². The van der Waals surface area contributed by atoms with Gasteiger partial charge in [-0.25, -0.2) is 0 Å². The smallest absolute Gasteiger partial charge is 0.239 e. The van der Waals surface area contributed by atoms with Gasteiger partial charge in [0.15, 0.2) is 0 Å². The molecule has 1 unspecified atom stereocenters. The molecule has 1 N–H and O–H groups in total. The second-order valence-corrected chi connectivity index (χ2v) is 7.00. The molecule has 2 fully saturated rings. The lowest BCUT2D eigenvalue weighted by Gasteiger charge is -2.41. The van der Waals surface area contributed by atoms with Crippen molar-refractivity contribution in [2.24, 2.45) is 0 Å². The van der Waals surface area contributed by atoms with Crippen molar-refractivity contribution in [3.63, 3.8) is 0 Å². The molecule has 18 heavy (non-hydrogen) atoms. The molecule has 1 amide bonds. The highest BCUT2D eigenvalue weighted by atomic mass is 32.2. The highest BCUT2D eigenvalue weighted by molar-refractivity contribution is 8.00. The van der Waals surface area contributed by atoms with E-state index in [1.807, 2.05) is 23.6 Å². The van der Waals surface area contributed by atoms with Gasteiger partial charge in [0.1, 0.15) is 0 Å². The maximum atomic E-state index is 12.3. The van der Waals surface area contributed by atoms with E-state index in [2.05, 4.69) is 11.6 Å². The third-order valence-electron chi connectivity index (χ3n) is 4.47. The number of hydrogen-bond donors (Lipinski definition) is 1. The SMILES string of the molecule is CSC1(CNC(C)C(=O)N2CCCCC2)CCC1. The first kappa shape index (κ1) is 14.2. The number of nitrogens with one attached hydrogen (secondary N) is 1. The number of nitrogens with zero attached hydrogens (tertiary/aromatic N) is 1. The molecule has 0 spiro atoms. The molecule has 1 aliphatic heterocycles. The fraction of sp³-hybridized carbons (Fsp3) is 0.929. The topological polar surface area (TPSA) is 32.3 Å². The Labute approximate surface area is 115 Å². The highest BCUT2D eigenvalue weighted by Crippen LogP contribution is 2.42. The minimum Gasteiger partial charge on any atom is -0.341 e. The molecule has 4 heteroatoms. The Kier molecular flexibility index (Phi) is 4.96. The molecular weight excluding hydrogens is 244 g/mol. The zero-order valence-corrected chi connectivity index (χ0v) is 12.5. The average molecular weight is 270 g/mol. The van der Waals surface area contributed by atoms with Crippen LogP contribution in [0.3, 0.4) is 0 Å². The molecule has 0 aromatic carbocycles. The van der Waals surface area contributed by atoms with Gasteiger partial charge >= 0.3 is 0 Å². The van der Waals surface area contributed by atoms with Gasteiger partial charge in [0.05, 0.1) is 6.04 Å². The molecule has 1 saturated heterocycles. The summed E-state index contributed by atoms with van der Waals surface area (Å²) in [4.78, 5) is 14.3. The van der Waals surface area contributed by atoms with Gasteiger partial charge in [0.2, 0.25) is 5.91 Å². The van der Waals surface area contributed by atoms with Gasteiger partial charge in [-0.05, 0) is 45.3 Å². The zero-order valence-electron chi connectivity index (χ0n) is 11.7. The van der Waals surface area contributed by atoms with Crippen molar-refractivity contribution in [1.29, 1.82) is 0 Å². The molecule has 0 aromatic heterocycles. The molecule has 1 atom stereocenters. The number of amides is 1. The predicted molar refractivity (Wildman–Crippen MR) is 78.0 cm³/mol. The molecule has 1 heterocycles. The number of likely N-dealkylation sites (tertiary alicyclic amines) is 1. The number of carbonyl (C=O) groups excluding carboxylic acids is 1. The van der Waals surface area contributed by atoms with Crippen molar-refractivity contribution in [2.75, 3.05) is 25.9 Å². The fourth-order valence-electron chi connectivity index (χ4n) is 2.84. The van der Waals surface area contributed by atoms with Crippen LogP contribution in [0.15, 0.2) is 0 Å². The Hall–Kier alpha value is -0.220. The standard InChI is InChI=1S/C14H26N2OS/c1-12(13(17)16-9-4-3-5-10-16)15-11-14(18-2)7-6-8-14/h12,15H,3-11H2,1-2H3. The van der Waals surface area contributed by atoms with Gasteiger partial charge in [-0.1, -0.05) is 6.42 Å². The first-order valence-corrected chi connectivity index (χ1v) is 8.47. The Morgan fingerprint density at radius 3 is 2.44 bits per heavy atom. The van der Waals surface area contributed by atoms with Crippen molar-refractivity contribution >= 4 is 17.7 Å². The van der Waals surface area contributed by atoms with E-state index in [-0.39, 0.29) is 6.04 Å². The third kappa shape index (κ3) is 3.21. The summed E-state index contributed by atoms with van der Waals surface area (Å²) < 4.78 is 0.413. The summed E-state index contributed by atoms with van der Waals surface area (Å²) in [6, 6.07) is -0.0206. The van der Waals surface area contributed by atoms with Crippen LogP contribution in [0.25, 0.3) is 0 Å². The molecule has 0 radical (unpaired) electrons. The van der Waals surface area contributed by atoms with Gasteiger partial charge in [-0.15, -0.1) is 0 Å². The van der Waals surface area contributed by atoms with Gasteiger partial charge in [-0.3, -0.25) is 4.79 Å². The fourth-order valence-corrected chi connectivity index (χ4v) is 3.76. The van der Waals surface area contributed by atoms with E-state index in [1.165, 1.54) is 38.5 Å². The second-order valence-electron chi connectivity index (χ2n) is 5.73. The van der Waals surface area contributed by atoms with Gasteiger partial charge in [-0.2, -0.15) is 11.8 Å². The lowest BCUT2D eigenvalue weighted by Crippen LogP contribution is -2.52. The molecule has 2 rings (SSSR count). The van der Waals surface area contributed by atoms with Gasteiger partial charge < -0.3 is 10.2 Å². The summed E-state index contributed by atoms with van der Waals surface area (Å²) in [6.45, 7) is 4.91. The Morgan fingerprint density at radius 2 is 1.94 bits per heavy atom. The summed E-state index contributed by atoms with van der Waals surface area (Å²) in [6.07, 6.45) is 9.76. The summed E-state index contributed by atoms with van der Waals surface area (Å²) >= 11 is 1.96. The van der Waals surface area contributed by atoms with Crippen LogP contribution in [0.4, 0.5) is 0 Å². The maximum absolute atomic E-state index is 12.3. The zero-order chi connectivity index (χ0) is 13.0. The highest BCUT2D eigenvalue weighted by Gasteiger charge is 2.36. The number of piperidine rings is 1. The monoisotopic (exact) mass is 270 g/mol. The number of rotatable bonds is 5. The van der Waals surface area contributed by atoms with Crippen LogP contribution in [0, 0.1) is 0 Å². The maximum Gasteiger partial charge on any atom is 0.239 e. The van der Waals surface area contributed by atoms with Crippen molar-refractivity contribution in [3.8, 4) is 0 Å². The van der Waals surface area contributed by atoms with Crippen LogP contribution >= 0.6 is 11.8 Å². The molecule has 0 aromatic rings. The minimum atomic E-state index is -0.0206. The number of hydrogen-bond acceptors (Lipinski definition) is 3. The Bertz CT molecular complexity index is 280. The lowest BCUT2D eigenvalue weighted by atomic mass is 9.84. The summed E-state index contributed by atoms with van der Waals surface area (Å²) in [5, 5.41) is 3.46. The van der Waals surface area contributed by atoms with Crippen molar-refractivity contribution in [3.05, 3.63) is 0 Å². The largest absolute Gasteiger partial charge is 0.341 e. The summed E-state index contributed by atoms with van der Waals surface area (Å²) in [5.74, 6) is 0.297. The minimum absolute atomic E-state index is 0.0206. The molecule has 104 valence electrons. The van der Waals surface area contributed by atoms with Crippen LogP contribution in [0.5, 0.6) is 0 Å². The van der Waals surface area contributed by atoms with E-state index >= 15 is 0 Å². The molecular formula is C14H26N2OS. The number of carbonyl (C=O) groups is 1. The Morgan fingerprint density at radius 1 is 1.28 bits per heavy atom. The normalized spacial score (nSPS) is 24.4. The average Bonchev–Trinajstić information content (AvgIpc) is 2.38. The van der Waals surface area contributed by atoms with E-state index < -0.39 is 0 Å². The van der Waals surface area contributed by atoms with E-state index in [0.717, 1.165) is 19.6 Å². The second kappa shape index (κ2) is 6.29. The van der Waals surface area contributed by atoms with Crippen molar-refractivity contribution in [2.45, 2.75) is 56.2 Å². The van der Waals surface area contributed by atoms with E-state index in [4.69, 9.17) is 0 Å². The van der Waals surface area contributed by atoms with Crippen molar-refractivity contribution < 1.29 is 4.79 Å². The van der Waals surface area contributed by atoms with Crippen molar-refractivity contribution in [1.82, 2.24) is 10.2 Å². The quantitative estimate of drug-likeness (QED) is 0.832. The molecule has 3 nitrogen and oxygen atoms in total. The van der Waals surface area contributed by atoms with E-state index in [0.29, 0.717) is 10.7 Å². The van der Waals surface area contributed by atoms with Gasteiger partial charge in [0.25, 0.3) is 0 Å². The van der Waals surface area contributed by atoms with Crippen LogP contribution in [-0.4, -0.2) is 47.5 Å². The first-order valence-electron chi connectivity index (χ1n) is 7.24. The summed E-state index contributed by atoms with van der Waals surface area (Å²) in [5.41, 5.74) is 0. The van der Waals surface area contributed by atoms with Crippen LogP contribution in [0.2, 0.25) is 0 Å². The van der Waals surface area contributed by atoms with Crippen LogP contribution in [0.1, 0.15) is 45.4 Å². The summed E-state index contributed by atoms with van der Waals surface area (Å²) in [7, 11) is 0. The number of thioether (sulfide) groups is 1. The third-order valence-corrected chi connectivity index (χ3v) is 5.88. The molecule has 1 saturated carbocycles. The molecule has 1 aliphatic carbocycles. The van der Waals surface area contributed by atoms with Crippen LogP contribution < -0.4 is 5.32 Å². The van der Waals surface area contributed by atoms with Crippen LogP contribution in [-0.2, 0) is 4.79 Å². The lowest BCUT2D eigenvalue weighted by molar-refractivity contribution is -0.133. The first-order chi connectivity index (χ1) is 8.67. The van der Waals surface area contributed by atoms with E-state index in [1.54, 1.807) is 0 Å². The molecule has 2 aliphatic rings. The predicted octanol–water partition coefficient (Wildman–Crippen LogP) is 2.26. The Balaban J connectivity index is 1.76.